The second-order valence-electron chi connectivity index (χ2n) is 3.31. The third-order valence-electron chi connectivity index (χ3n) is 2.35. The minimum Gasteiger partial charge on any atom is -0.453 e. The molecule has 1 amide bonds. The first kappa shape index (κ1) is 10.3. The van der Waals surface area contributed by atoms with Gasteiger partial charge in [-0.3, -0.25) is 0 Å². The van der Waals surface area contributed by atoms with Gasteiger partial charge in [0.1, 0.15) is 0 Å². The number of methoxy groups -OCH3 is 1. The standard InChI is InChI=1S/C9H18N2O2/c1-3-10-8-5-4-6-11(7-8)9(12)13-2/h8,10H,3-7H2,1-2H3. The van der Waals surface area contributed by atoms with E-state index in [0.29, 0.717) is 6.04 Å². The summed E-state index contributed by atoms with van der Waals surface area (Å²) in [4.78, 5) is 13.0. The maximum atomic E-state index is 11.2. The van der Waals surface area contributed by atoms with Crippen molar-refractivity contribution in [3.8, 4) is 0 Å². The highest BCUT2D eigenvalue weighted by Crippen LogP contribution is 2.10. The van der Waals surface area contributed by atoms with Crippen LogP contribution < -0.4 is 5.32 Å². The Labute approximate surface area is 79.2 Å². The van der Waals surface area contributed by atoms with Gasteiger partial charge in [0, 0.05) is 19.1 Å². The zero-order valence-corrected chi connectivity index (χ0v) is 8.38. The lowest BCUT2D eigenvalue weighted by molar-refractivity contribution is 0.107. The summed E-state index contributed by atoms with van der Waals surface area (Å²) in [6, 6.07) is 0.442. The Morgan fingerprint density at radius 3 is 3.08 bits per heavy atom. The molecule has 0 bridgehead atoms. The number of piperidine rings is 1. The van der Waals surface area contributed by atoms with Crippen molar-refractivity contribution in [2.75, 3.05) is 26.7 Å². The number of amides is 1. The molecule has 0 saturated carbocycles. The Hall–Kier alpha value is -0.770. The molecule has 0 aromatic heterocycles. The van der Waals surface area contributed by atoms with E-state index in [4.69, 9.17) is 0 Å². The van der Waals surface area contributed by atoms with Gasteiger partial charge in [-0.25, -0.2) is 4.79 Å². The Bertz CT molecular complexity index is 171. The molecule has 1 aliphatic rings. The monoisotopic (exact) mass is 186 g/mol. The van der Waals surface area contributed by atoms with E-state index in [-0.39, 0.29) is 6.09 Å². The largest absolute Gasteiger partial charge is 0.453 e. The number of nitrogens with zero attached hydrogens (tertiary/aromatic N) is 1. The second-order valence-corrected chi connectivity index (χ2v) is 3.31. The van der Waals surface area contributed by atoms with Crippen molar-refractivity contribution in [1.29, 1.82) is 0 Å². The number of likely N-dealkylation sites (tertiary alicyclic amines) is 1. The smallest absolute Gasteiger partial charge is 0.409 e. The average molecular weight is 186 g/mol. The molecule has 1 saturated heterocycles. The molecule has 1 aliphatic heterocycles. The van der Waals surface area contributed by atoms with Crippen molar-refractivity contribution in [2.24, 2.45) is 0 Å². The molecule has 4 heteroatoms. The van der Waals surface area contributed by atoms with Crippen LogP contribution in [0.4, 0.5) is 4.79 Å². The number of rotatable bonds is 2. The van der Waals surface area contributed by atoms with Crippen molar-refractivity contribution in [3.63, 3.8) is 0 Å². The van der Waals surface area contributed by atoms with E-state index < -0.39 is 0 Å². The van der Waals surface area contributed by atoms with Crippen LogP contribution in [0.1, 0.15) is 19.8 Å². The minimum absolute atomic E-state index is 0.206. The predicted molar refractivity (Wildman–Crippen MR) is 50.7 cm³/mol. The molecule has 0 aromatic carbocycles. The molecule has 13 heavy (non-hydrogen) atoms. The summed E-state index contributed by atoms with van der Waals surface area (Å²) in [5.41, 5.74) is 0. The van der Waals surface area contributed by atoms with Crippen LogP contribution in [0.15, 0.2) is 0 Å². The molecule has 0 aromatic rings. The molecule has 1 fully saturated rings. The fourth-order valence-electron chi connectivity index (χ4n) is 1.73. The first-order valence-electron chi connectivity index (χ1n) is 4.84. The van der Waals surface area contributed by atoms with Crippen LogP contribution in [-0.2, 0) is 4.74 Å². The van der Waals surface area contributed by atoms with Crippen molar-refractivity contribution in [1.82, 2.24) is 10.2 Å². The summed E-state index contributed by atoms with van der Waals surface area (Å²) < 4.78 is 4.68. The number of ether oxygens (including phenoxy) is 1. The maximum Gasteiger partial charge on any atom is 0.409 e. The Kier molecular flexibility index (Phi) is 4.02. The Balaban J connectivity index is 2.37. The van der Waals surface area contributed by atoms with Crippen LogP contribution in [-0.4, -0.2) is 43.8 Å². The molecule has 76 valence electrons. The summed E-state index contributed by atoms with van der Waals surface area (Å²) in [7, 11) is 1.43. The van der Waals surface area contributed by atoms with Gasteiger partial charge in [-0.15, -0.1) is 0 Å². The normalized spacial score (nSPS) is 22.9. The second kappa shape index (κ2) is 5.07. The molecule has 1 N–H and O–H groups in total. The Morgan fingerprint density at radius 1 is 1.69 bits per heavy atom. The quantitative estimate of drug-likeness (QED) is 0.694. The van der Waals surface area contributed by atoms with Crippen LogP contribution >= 0.6 is 0 Å². The molecule has 0 radical (unpaired) electrons. The lowest BCUT2D eigenvalue weighted by Crippen LogP contribution is -2.47. The van der Waals surface area contributed by atoms with Gasteiger partial charge >= 0.3 is 6.09 Å². The van der Waals surface area contributed by atoms with Gasteiger partial charge in [0.15, 0.2) is 0 Å². The molecular weight excluding hydrogens is 168 g/mol. The third-order valence-corrected chi connectivity index (χ3v) is 2.35. The summed E-state index contributed by atoms with van der Waals surface area (Å²) in [5.74, 6) is 0. The molecule has 0 spiro atoms. The Morgan fingerprint density at radius 2 is 2.46 bits per heavy atom. The first-order valence-corrected chi connectivity index (χ1v) is 4.84. The van der Waals surface area contributed by atoms with Crippen LogP contribution in [0.2, 0.25) is 0 Å². The SMILES string of the molecule is CCNC1CCCN(C(=O)OC)C1. The zero-order valence-electron chi connectivity index (χ0n) is 8.38. The topological polar surface area (TPSA) is 41.6 Å². The van der Waals surface area contributed by atoms with E-state index in [2.05, 4.69) is 17.0 Å². The van der Waals surface area contributed by atoms with Crippen molar-refractivity contribution in [3.05, 3.63) is 0 Å². The van der Waals surface area contributed by atoms with Gasteiger partial charge in [0.2, 0.25) is 0 Å². The van der Waals surface area contributed by atoms with E-state index >= 15 is 0 Å². The number of carbonyl (C=O) groups is 1. The zero-order chi connectivity index (χ0) is 9.68. The molecule has 1 rings (SSSR count). The fraction of sp³-hybridized carbons (Fsp3) is 0.889. The molecule has 1 heterocycles. The van der Waals surface area contributed by atoms with Crippen LogP contribution in [0.5, 0.6) is 0 Å². The van der Waals surface area contributed by atoms with Gasteiger partial charge < -0.3 is 15.0 Å². The number of likely N-dealkylation sites (N-methyl/N-ethyl adjacent to an activating group) is 1. The van der Waals surface area contributed by atoms with Gasteiger partial charge in [-0.05, 0) is 19.4 Å². The molecule has 1 unspecified atom stereocenters. The minimum atomic E-state index is -0.206. The lowest BCUT2D eigenvalue weighted by Gasteiger charge is -2.31. The lowest BCUT2D eigenvalue weighted by atomic mass is 10.1. The maximum absolute atomic E-state index is 11.2. The van der Waals surface area contributed by atoms with Crippen molar-refractivity contribution < 1.29 is 9.53 Å². The molecule has 4 nitrogen and oxygen atoms in total. The number of hydrogen-bond acceptors (Lipinski definition) is 3. The molecular formula is C9H18N2O2. The summed E-state index contributed by atoms with van der Waals surface area (Å²) in [6.07, 6.45) is 2.01. The summed E-state index contributed by atoms with van der Waals surface area (Å²) in [5, 5.41) is 3.34. The van der Waals surface area contributed by atoms with E-state index in [9.17, 15) is 4.79 Å². The first-order chi connectivity index (χ1) is 6.27. The van der Waals surface area contributed by atoms with Gasteiger partial charge in [-0.1, -0.05) is 6.92 Å². The highest BCUT2D eigenvalue weighted by molar-refractivity contribution is 5.67. The molecule has 0 aliphatic carbocycles. The summed E-state index contributed by atoms with van der Waals surface area (Å²) in [6.45, 7) is 4.64. The summed E-state index contributed by atoms with van der Waals surface area (Å²) >= 11 is 0. The van der Waals surface area contributed by atoms with Crippen molar-refractivity contribution in [2.45, 2.75) is 25.8 Å². The van der Waals surface area contributed by atoms with E-state index in [1.54, 1.807) is 4.90 Å². The van der Waals surface area contributed by atoms with Crippen LogP contribution in [0.3, 0.4) is 0 Å². The molecule has 1 atom stereocenters. The number of carbonyl (C=O) groups excluding carboxylic acids is 1. The number of nitrogens with one attached hydrogen (secondary N) is 1. The van der Waals surface area contributed by atoms with E-state index in [1.165, 1.54) is 7.11 Å². The predicted octanol–water partition coefficient (Wildman–Crippen LogP) is 0.827. The van der Waals surface area contributed by atoms with Crippen molar-refractivity contribution >= 4 is 6.09 Å². The van der Waals surface area contributed by atoms with Gasteiger partial charge in [0.25, 0.3) is 0 Å². The van der Waals surface area contributed by atoms with Crippen LogP contribution in [0.25, 0.3) is 0 Å². The van der Waals surface area contributed by atoms with E-state index in [1.807, 2.05) is 0 Å². The highest BCUT2D eigenvalue weighted by Gasteiger charge is 2.22. The highest BCUT2D eigenvalue weighted by atomic mass is 16.5. The van der Waals surface area contributed by atoms with Crippen LogP contribution in [0, 0.1) is 0 Å². The average Bonchev–Trinajstić information content (AvgIpc) is 2.18. The van der Waals surface area contributed by atoms with Gasteiger partial charge in [0.05, 0.1) is 7.11 Å². The van der Waals surface area contributed by atoms with Gasteiger partial charge in [-0.2, -0.15) is 0 Å². The fourth-order valence-corrected chi connectivity index (χ4v) is 1.73. The third kappa shape index (κ3) is 2.88. The number of hydrogen-bond donors (Lipinski definition) is 1. The van der Waals surface area contributed by atoms with E-state index in [0.717, 1.165) is 32.5 Å².